The molecule has 22 heavy (non-hydrogen) atoms. The molecule has 0 heterocycles. The Kier molecular flexibility index (Phi) is 5.46. The molecule has 0 spiro atoms. The van der Waals surface area contributed by atoms with E-state index in [9.17, 15) is 18.7 Å². The van der Waals surface area contributed by atoms with Crippen LogP contribution in [-0.4, -0.2) is 17.6 Å². The van der Waals surface area contributed by atoms with Crippen molar-refractivity contribution in [2.45, 2.75) is 12.5 Å². The third-order valence-electron chi connectivity index (χ3n) is 3.13. The van der Waals surface area contributed by atoms with Gasteiger partial charge in [-0.2, -0.15) is 0 Å². The molecule has 0 bridgehead atoms. The molecule has 0 aromatic heterocycles. The molecule has 0 saturated carbocycles. The first kappa shape index (κ1) is 16.4. The van der Waals surface area contributed by atoms with Gasteiger partial charge in [-0.3, -0.25) is 4.79 Å². The van der Waals surface area contributed by atoms with Gasteiger partial charge in [0.15, 0.2) is 11.6 Å². The number of benzene rings is 2. The van der Waals surface area contributed by atoms with Crippen LogP contribution in [0.25, 0.3) is 0 Å². The molecule has 0 fully saturated rings. The van der Waals surface area contributed by atoms with Crippen LogP contribution in [-0.2, 0) is 11.2 Å². The van der Waals surface area contributed by atoms with Crippen LogP contribution in [0.1, 0.15) is 17.2 Å². The van der Waals surface area contributed by atoms with E-state index in [0.717, 1.165) is 6.07 Å². The van der Waals surface area contributed by atoms with Gasteiger partial charge >= 0.3 is 0 Å². The van der Waals surface area contributed by atoms with Gasteiger partial charge in [-0.05, 0) is 23.8 Å². The second kappa shape index (κ2) is 7.33. The molecule has 0 aliphatic rings. The fourth-order valence-electron chi connectivity index (χ4n) is 1.93. The van der Waals surface area contributed by atoms with Crippen molar-refractivity contribution >= 4 is 17.5 Å². The molecule has 1 amide bonds. The van der Waals surface area contributed by atoms with Crippen LogP contribution in [0.4, 0.5) is 8.78 Å². The number of halogens is 3. The minimum Gasteiger partial charge on any atom is -0.387 e. The van der Waals surface area contributed by atoms with E-state index in [0.29, 0.717) is 10.6 Å². The summed E-state index contributed by atoms with van der Waals surface area (Å²) < 4.78 is 26.5. The Balaban J connectivity index is 1.90. The summed E-state index contributed by atoms with van der Waals surface area (Å²) in [5.41, 5.74) is 0.570. The van der Waals surface area contributed by atoms with Gasteiger partial charge in [0.2, 0.25) is 5.91 Å². The summed E-state index contributed by atoms with van der Waals surface area (Å²) in [7, 11) is 0. The van der Waals surface area contributed by atoms with E-state index in [1.165, 1.54) is 12.1 Å². The zero-order chi connectivity index (χ0) is 16.1. The van der Waals surface area contributed by atoms with Crippen LogP contribution < -0.4 is 5.32 Å². The largest absolute Gasteiger partial charge is 0.387 e. The number of carbonyl (C=O) groups excluding carboxylic acids is 1. The fourth-order valence-corrected chi connectivity index (χ4v) is 2.06. The standard InChI is InChI=1S/C16H14ClF2NO2/c17-12-6-4-10(5-7-12)14(21)9-20-15(22)8-11-2-1-3-13(18)16(11)19/h1-7,14,21H,8-9H2,(H,20,22). The van der Waals surface area contributed by atoms with Crippen LogP contribution in [0.2, 0.25) is 5.02 Å². The number of aliphatic hydroxyl groups is 1. The van der Waals surface area contributed by atoms with Crippen LogP contribution in [0.5, 0.6) is 0 Å². The minimum absolute atomic E-state index is 0.0292. The highest BCUT2D eigenvalue weighted by Gasteiger charge is 2.13. The van der Waals surface area contributed by atoms with Gasteiger partial charge in [0.25, 0.3) is 0 Å². The van der Waals surface area contributed by atoms with Crippen LogP contribution >= 0.6 is 11.6 Å². The first-order valence-electron chi connectivity index (χ1n) is 6.60. The number of hydrogen-bond donors (Lipinski definition) is 2. The topological polar surface area (TPSA) is 49.3 Å². The average molecular weight is 326 g/mol. The molecule has 1 atom stereocenters. The van der Waals surface area contributed by atoms with E-state index in [-0.39, 0.29) is 18.5 Å². The van der Waals surface area contributed by atoms with E-state index in [1.807, 2.05) is 0 Å². The molecule has 3 nitrogen and oxygen atoms in total. The Morgan fingerprint density at radius 2 is 1.86 bits per heavy atom. The maximum Gasteiger partial charge on any atom is 0.224 e. The monoisotopic (exact) mass is 325 g/mol. The van der Waals surface area contributed by atoms with Gasteiger partial charge in [0.05, 0.1) is 12.5 Å². The van der Waals surface area contributed by atoms with Crippen molar-refractivity contribution in [3.05, 3.63) is 70.2 Å². The van der Waals surface area contributed by atoms with Gasteiger partial charge in [-0.15, -0.1) is 0 Å². The molecule has 2 aromatic carbocycles. The van der Waals surface area contributed by atoms with Crippen molar-refractivity contribution in [1.29, 1.82) is 0 Å². The summed E-state index contributed by atoms with van der Waals surface area (Å²) >= 11 is 5.74. The highest BCUT2D eigenvalue weighted by molar-refractivity contribution is 6.30. The molecule has 0 aliphatic carbocycles. The highest BCUT2D eigenvalue weighted by Crippen LogP contribution is 2.16. The maximum atomic E-state index is 13.4. The lowest BCUT2D eigenvalue weighted by molar-refractivity contribution is -0.120. The Hall–Kier alpha value is -1.98. The van der Waals surface area contributed by atoms with Crippen molar-refractivity contribution in [2.75, 3.05) is 6.54 Å². The third-order valence-corrected chi connectivity index (χ3v) is 3.38. The quantitative estimate of drug-likeness (QED) is 0.888. The Morgan fingerprint density at radius 3 is 2.55 bits per heavy atom. The molecule has 0 saturated heterocycles. The summed E-state index contributed by atoms with van der Waals surface area (Å²) in [5, 5.41) is 13.0. The highest BCUT2D eigenvalue weighted by atomic mass is 35.5. The summed E-state index contributed by atoms with van der Waals surface area (Å²) in [5.74, 6) is -2.53. The van der Waals surface area contributed by atoms with Gasteiger partial charge in [0.1, 0.15) is 0 Å². The Morgan fingerprint density at radius 1 is 1.18 bits per heavy atom. The molecule has 116 valence electrons. The predicted molar refractivity (Wildman–Crippen MR) is 79.5 cm³/mol. The fraction of sp³-hybridized carbons (Fsp3) is 0.188. The summed E-state index contributed by atoms with van der Waals surface area (Å²) in [6, 6.07) is 10.2. The van der Waals surface area contributed by atoms with Gasteiger partial charge < -0.3 is 10.4 Å². The number of aliphatic hydroxyl groups excluding tert-OH is 1. The third kappa shape index (κ3) is 4.26. The van der Waals surface area contributed by atoms with E-state index in [2.05, 4.69) is 5.32 Å². The second-order valence-corrected chi connectivity index (χ2v) is 5.20. The minimum atomic E-state index is -1.03. The lowest BCUT2D eigenvalue weighted by Crippen LogP contribution is -2.30. The van der Waals surface area contributed by atoms with Crippen molar-refractivity contribution in [3.8, 4) is 0 Å². The summed E-state index contributed by atoms with van der Waals surface area (Å²) in [6.07, 6.45) is -1.20. The number of nitrogens with one attached hydrogen (secondary N) is 1. The molecular formula is C16H14ClF2NO2. The van der Waals surface area contributed by atoms with Crippen LogP contribution in [0, 0.1) is 11.6 Å². The SMILES string of the molecule is O=C(Cc1cccc(F)c1F)NCC(O)c1ccc(Cl)cc1. The zero-order valence-corrected chi connectivity index (χ0v) is 12.3. The number of hydrogen-bond acceptors (Lipinski definition) is 2. The van der Waals surface area contributed by atoms with Crippen LogP contribution in [0.3, 0.4) is 0 Å². The van der Waals surface area contributed by atoms with E-state index in [1.54, 1.807) is 24.3 Å². The molecule has 0 aliphatic heterocycles. The molecule has 2 aromatic rings. The lowest BCUT2D eigenvalue weighted by Gasteiger charge is -2.12. The molecule has 0 radical (unpaired) electrons. The van der Waals surface area contributed by atoms with Gasteiger partial charge in [-0.1, -0.05) is 35.9 Å². The number of carbonyl (C=O) groups is 1. The molecule has 2 rings (SSSR count). The smallest absolute Gasteiger partial charge is 0.224 e. The van der Waals surface area contributed by atoms with Crippen molar-refractivity contribution < 1.29 is 18.7 Å². The van der Waals surface area contributed by atoms with Gasteiger partial charge in [0, 0.05) is 17.1 Å². The molecule has 2 N–H and O–H groups in total. The van der Waals surface area contributed by atoms with Gasteiger partial charge in [-0.25, -0.2) is 8.78 Å². The molecule has 6 heteroatoms. The number of rotatable bonds is 5. The Labute approximate surface area is 131 Å². The van der Waals surface area contributed by atoms with Crippen molar-refractivity contribution in [3.63, 3.8) is 0 Å². The predicted octanol–water partition coefficient (Wildman–Crippen LogP) is 3.01. The molecule has 1 unspecified atom stereocenters. The zero-order valence-electron chi connectivity index (χ0n) is 11.5. The maximum absolute atomic E-state index is 13.4. The van der Waals surface area contributed by atoms with Crippen molar-refractivity contribution in [1.82, 2.24) is 5.32 Å². The summed E-state index contributed by atoms with van der Waals surface area (Å²) in [4.78, 5) is 11.7. The first-order chi connectivity index (χ1) is 10.5. The number of amides is 1. The van der Waals surface area contributed by atoms with E-state index < -0.39 is 23.6 Å². The van der Waals surface area contributed by atoms with Crippen molar-refractivity contribution in [2.24, 2.45) is 0 Å². The van der Waals surface area contributed by atoms with E-state index in [4.69, 9.17) is 11.6 Å². The van der Waals surface area contributed by atoms with E-state index >= 15 is 0 Å². The molecular weight excluding hydrogens is 312 g/mol. The second-order valence-electron chi connectivity index (χ2n) is 4.76. The lowest BCUT2D eigenvalue weighted by atomic mass is 10.1. The normalized spacial score (nSPS) is 12.0. The first-order valence-corrected chi connectivity index (χ1v) is 6.98. The Bertz CT molecular complexity index is 662. The average Bonchev–Trinajstić information content (AvgIpc) is 2.50. The van der Waals surface area contributed by atoms with Crippen LogP contribution in [0.15, 0.2) is 42.5 Å². The summed E-state index contributed by atoms with van der Waals surface area (Å²) in [6.45, 7) is -0.0304.